The predicted octanol–water partition coefficient (Wildman–Crippen LogP) is 2.21. The molecule has 0 amide bonds. The number of methoxy groups -OCH3 is 1. The molecule has 0 saturated heterocycles. The lowest BCUT2D eigenvalue weighted by Crippen LogP contribution is -2.20. The summed E-state index contributed by atoms with van der Waals surface area (Å²) in [6, 6.07) is 8.10. The molecule has 0 fully saturated rings. The van der Waals surface area contributed by atoms with Gasteiger partial charge in [-0.1, -0.05) is 25.1 Å². The van der Waals surface area contributed by atoms with Crippen molar-refractivity contribution in [3.8, 4) is 5.75 Å². The van der Waals surface area contributed by atoms with Crippen LogP contribution in [0, 0.1) is 0 Å². The molecule has 0 spiro atoms. The molecule has 0 aromatic heterocycles. The molecule has 0 aliphatic heterocycles. The monoisotopic (exact) mass is 223 g/mol. The van der Waals surface area contributed by atoms with E-state index < -0.39 is 0 Å². The van der Waals surface area contributed by atoms with Crippen molar-refractivity contribution in [2.75, 3.05) is 20.3 Å². The second kappa shape index (κ2) is 7.25. The van der Waals surface area contributed by atoms with E-state index in [0.717, 1.165) is 18.8 Å². The first kappa shape index (κ1) is 13.0. The standard InChI is InChI=1S/C13H21NO2/c1-4-14-9-12-7-5-6-8-13(12)16-11(2)10-15-3/h5-8,11,14H,4,9-10H2,1-3H3. The van der Waals surface area contributed by atoms with Gasteiger partial charge in [0.15, 0.2) is 0 Å². The van der Waals surface area contributed by atoms with Crippen LogP contribution < -0.4 is 10.1 Å². The minimum absolute atomic E-state index is 0.0766. The van der Waals surface area contributed by atoms with Crippen LogP contribution in [0.4, 0.5) is 0 Å². The summed E-state index contributed by atoms with van der Waals surface area (Å²) in [5.74, 6) is 0.938. The van der Waals surface area contributed by atoms with E-state index in [-0.39, 0.29) is 6.10 Å². The minimum Gasteiger partial charge on any atom is -0.488 e. The Bertz CT molecular complexity index is 302. The fourth-order valence-corrected chi connectivity index (χ4v) is 1.51. The van der Waals surface area contributed by atoms with Gasteiger partial charge in [-0.25, -0.2) is 0 Å². The van der Waals surface area contributed by atoms with E-state index >= 15 is 0 Å². The Morgan fingerprint density at radius 1 is 1.31 bits per heavy atom. The van der Waals surface area contributed by atoms with Crippen molar-refractivity contribution in [2.45, 2.75) is 26.5 Å². The normalized spacial score (nSPS) is 12.4. The Morgan fingerprint density at radius 3 is 2.75 bits per heavy atom. The Kier molecular flexibility index (Phi) is 5.90. The van der Waals surface area contributed by atoms with Crippen molar-refractivity contribution in [2.24, 2.45) is 0 Å². The number of ether oxygens (including phenoxy) is 2. The van der Waals surface area contributed by atoms with Gasteiger partial charge in [-0.2, -0.15) is 0 Å². The Balaban J connectivity index is 2.62. The molecule has 1 unspecified atom stereocenters. The number of rotatable bonds is 7. The van der Waals surface area contributed by atoms with E-state index in [2.05, 4.69) is 18.3 Å². The molecular formula is C13H21NO2. The summed E-state index contributed by atoms with van der Waals surface area (Å²) in [5.41, 5.74) is 1.19. The largest absolute Gasteiger partial charge is 0.488 e. The van der Waals surface area contributed by atoms with Crippen LogP contribution in [0.5, 0.6) is 5.75 Å². The number of benzene rings is 1. The minimum atomic E-state index is 0.0766. The zero-order chi connectivity index (χ0) is 11.8. The van der Waals surface area contributed by atoms with E-state index in [1.807, 2.05) is 25.1 Å². The van der Waals surface area contributed by atoms with Crippen LogP contribution in [0.1, 0.15) is 19.4 Å². The molecule has 1 aromatic carbocycles. The highest BCUT2D eigenvalue weighted by atomic mass is 16.5. The van der Waals surface area contributed by atoms with Crippen LogP contribution in [0.2, 0.25) is 0 Å². The lowest BCUT2D eigenvalue weighted by molar-refractivity contribution is 0.0913. The molecule has 0 radical (unpaired) electrons. The lowest BCUT2D eigenvalue weighted by atomic mass is 10.2. The lowest BCUT2D eigenvalue weighted by Gasteiger charge is -2.16. The number of hydrogen-bond acceptors (Lipinski definition) is 3. The fraction of sp³-hybridized carbons (Fsp3) is 0.538. The third-order valence-corrected chi connectivity index (χ3v) is 2.27. The summed E-state index contributed by atoms with van der Waals surface area (Å²) < 4.78 is 10.9. The first-order valence-electron chi connectivity index (χ1n) is 5.72. The predicted molar refractivity (Wildman–Crippen MR) is 65.8 cm³/mol. The van der Waals surface area contributed by atoms with Gasteiger partial charge in [0.25, 0.3) is 0 Å². The van der Waals surface area contributed by atoms with Gasteiger partial charge in [-0.3, -0.25) is 0 Å². The van der Waals surface area contributed by atoms with Gasteiger partial charge in [0.2, 0.25) is 0 Å². The molecule has 1 atom stereocenters. The second-order valence-corrected chi connectivity index (χ2v) is 3.77. The molecule has 0 bridgehead atoms. The van der Waals surface area contributed by atoms with Crippen molar-refractivity contribution in [1.82, 2.24) is 5.32 Å². The Hall–Kier alpha value is -1.06. The van der Waals surface area contributed by atoms with E-state index in [4.69, 9.17) is 9.47 Å². The first-order chi connectivity index (χ1) is 7.77. The molecule has 0 heterocycles. The number of hydrogen-bond donors (Lipinski definition) is 1. The summed E-state index contributed by atoms with van der Waals surface area (Å²) in [6.45, 7) is 6.51. The van der Waals surface area contributed by atoms with Crippen molar-refractivity contribution >= 4 is 0 Å². The summed E-state index contributed by atoms with van der Waals surface area (Å²) in [5, 5.41) is 3.30. The highest BCUT2D eigenvalue weighted by molar-refractivity contribution is 5.33. The summed E-state index contributed by atoms with van der Waals surface area (Å²) in [7, 11) is 1.68. The van der Waals surface area contributed by atoms with Crippen LogP contribution in [-0.4, -0.2) is 26.4 Å². The molecule has 16 heavy (non-hydrogen) atoms. The topological polar surface area (TPSA) is 30.5 Å². The van der Waals surface area contributed by atoms with Gasteiger partial charge in [-0.15, -0.1) is 0 Å². The van der Waals surface area contributed by atoms with E-state index in [9.17, 15) is 0 Å². The molecule has 0 aliphatic rings. The second-order valence-electron chi connectivity index (χ2n) is 3.77. The molecule has 1 aromatic rings. The maximum absolute atomic E-state index is 5.82. The van der Waals surface area contributed by atoms with Crippen LogP contribution >= 0.6 is 0 Å². The summed E-state index contributed by atoms with van der Waals surface area (Å²) in [6.07, 6.45) is 0.0766. The quantitative estimate of drug-likeness (QED) is 0.768. The smallest absolute Gasteiger partial charge is 0.124 e. The third-order valence-electron chi connectivity index (χ3n) is 2.27. The van der Waals surface area contributed by atoms with Crippen LogP contribution in [0.25, 0.3) is 0 Å². The van der Waals surface area contributed by atoms with Crippen molar-refractivity contribution in [1.29, 1.82) is 0 Å². The number of nitrogens with one attached hydrogen (secondary N) is 1. The van der Waals surface area contributed by atoms with Gasteiger partial charge in [0, 0.05) is 19.2 Å². The van der Waals surface area contributed by atoms with Crippen molar-refractivity contribution in [3.63, 3.8) is 0 Å². The van der Waals surface area contributed by atoms with Gasteiger partial charge in [-0.05, 0) is 19.5 Å². The van der Waals surface area contributed by atoms with Gasteiger partial charge in [0.1, 0.15) is 11.9 Å². The SMILES string of the molecule is CCNCc1ccccc1OC(C)COC. The Morgan fingerprint density at radius 2 is 2.06 bits per heavy atom. The van der Waals surface area contributed by atoms with Gasteiger partial charge < -0.3 is 14.8 Å². The highest BCUT2D eigenvalue weighted by Gasteiger charge is 2.07. The summed E-state index contributed by atoms with van der Waals surface area (Å²) in [4.78, 5) is 0. The van der Waals surface area contributed by atoms with Crippen molar-refractivity contribution in [3.05, 3.63) is 29.8 Å². The maximum atomic E-state index is 5.82. The molecule has 0 aliphatic carbocycles. The molecule has 0 saturated carbocycles. The van der Waals surface area contributed by atoms with Crippen LogP contribution in [0.3, 0.4) is 0 Å². The third kappa shape index (κ3) is 4.21. The molecule has 1 N–H and O–H groups in total. The molecule has 3 nitrogen and oxygen atoms in total. The Labute approximate surface area is 97.8 Å². The van der Waals surface area contributed by atoms with E-state index in [1.54, 1.807) is 7.11 Å². The van der Waals surface area contributed by atoms with Gasteiger partial charge >= 0.3 is 0 Å². The highest BCUT2D eigenvalue weighted by Crippen LogP contribution is 2.19. The molecule has 3 heteroatoms. The average molecular weight is 223 g/mol. The zero-order valence-corrected chi connectivity index (χ0v) is 10.3. The zero-order valence-electron chi connectivity index (χ0n) is 10.3. The molecule has 90 valence electrons. The van der Waals surface area contributed by atoms with E-state index in [1.165, 1.54) is 5.56 Å². The van der Waals surface area contributed by atoms with Crippen molar-refractivity contribution < 1.29 is 9.47 Å². The van der Waals surface area contributed by atoms with Crippen LogP contribution in [0.15, 0.2) is 24.3 Å². The first-order valence-corrected chi connectivity index (χ1v) is 5.72. The molecular weight excluding hydrogens is 202 g/mol. The molecule has 1 rings (SSSR count). The summed E-state index contributed by atoms with van der Waals surface area (Å²) >= 11 is 0. The van der Waals surface area contributed by atoms with Gasteiger partial charge in [0.05, 0.1) is 6.61 Å². The number of para-hydroxylation sites is 1. The van der Waals surface area contributed by atoms with E-state index in [0.29, 0.717) is 6.61 Å². The maximum Gasteiger partial charge on any atom is 0.124 e. The van der Waals surface area contributed by atoms with Crippen LogP contribution in [-0.2, 0) is 11.3 Å². The average Bonchev–Trinajstić information content (AvgIpc) is 2.28. The fourth-order valence-electron chi connectivity index (χ4n) is 1.51.